The van der Waals surface area contributed by atoms with Crippen molar-refractivity contribution in [2.75, 3.05) is 16.6 Å². The van der Waals surface area contributed by atoms with Gasteiger partial charge in [0, 0.05) is 12.7 Å². The van der Waals surface area contributed by atoms with Gasteiger partial charge in [-0.3, -0.25) is 4.72 Å². The number of pyridine rings is 1. The number of benzene rings is 1. The van der Waals surface area contributed by atoms with Crippen molar-refractivity contribution in [3.8, 4) is 0 Å². The van der Waals surface area contributed by atoms with Gasteiger partial charge in [0.2, 0.25) is 0 Å². The van der Waals surface area contributed by atoms with Crippen LogP contribution in [-0.2, 0) is 10.0 Å². The summed E-state index contributed by atoms with van der Waals surface area (Å²) >= 11 is 5.61. The van der Waals surface area contributed by atoms with Crippen molar-refractivity contribution in [3.63, 3.8) is 0 Å². The second-order valence-corrected chi connectivity index (χ2v) is 6.23. The largest absolute Gasteiger partial charge is 0.370 e. The van der Waals surface area contributed by atoms with E-state index in [4.69, 9.17) is 11.6 Å². The van der Waals surface area contributed by atoms with E-state index in [9.17, 15) is 12.8 Å². The Morgan fingerprint density at radius 3 is 2.62 bits per heavy atom. The summed E-state index contributed by atoms with van der Waals surface area (Å²) in [4.78, 5) is 4.00. The zero-order valence-corrected chi connectivity index (χ0v) is 12.7. The van der Waals surface area contributed by atoms with Crippen LogP contribution in [0.2, 0.25) is 5.02 Å². The molecule has 112 valence electrons. The van der Waals surface area contributed by atoms with Gasteiger partial charge in [0.25, 0.3) is 10.0 Å². The molecule has 0 unspecified atom stereocenters. The minimum Gasteiger partial charge on any atom is -0.370 e. The molecule has 8 heteroatoms. The number of anilines is 2. The lowest BCUT2D eigenvalue weighted by atomic mass is 10.3. The van der Waals surface area contributed by atoms with E-state index in [1.807, 2.05) is 6.92 Å². The monoisotopic (exact) mass is 329 g/mol. The van der Waals surface area contributed by atoms with Gasteiger partial charge in [-0.1, -0.05) is 11.6 Å². The van der Waals surface area contributed by atoms with Gasteiger partial charge in [0.15, 0.2) is 0 Å². The van der Waals surface area contributed by atoms with Crippen LogP contribution in [0.1, 0.15) is 6.92 Å². The zero-order chi connectivity index (χ0) is 15.5. The number of hydrogen-bond donors (Lipinski definition) is 2. The molecular weight excluding hydrogens is 317 g/mol. The smallest absolute Gasteiger partial charge is 0.263 e. The summed E-state index contributed by atoms with van der Waals surface area (Å²) in [6, 6.07) is 6.58. The Labute approximate surface area is 127 Å². The predicted octanol–water partition coefficient (Wildman–Crippen LogP) is 3.11. The van der Waals surface area contributed by atoms with Crippen LogP contribution in [0.5, 0.6) is 0 Å². The van der Waals surface area contributed by atoms with Crippen LogP contribution in [0.15, 0.2) is 41.4 Å². The number of hydrogen-bond acceptors (Lipinski definition) is 4. The van der Waals surface area contributed by atoms with E-state index in [0.29, 0.717) is 12.4 Å². The highest BCUT2D eigenvalue weighted by Crippen LogP contribution is 2.22. The normalized spacial score (nSPS) is 11.2. The van der Waals surface area contributed by atoms with E-state index >= 15 is 0 Å². The van der Waals surface area contributed by atoms with Crippen LogP contribution < -0.4 is 10.0 Å². The van der Waals surface area contributed by atoms with Crippen molar-refractivity contribution in [1.82, 2.24) is 4.98 Å². The van der Waals surface area contributed by atoms with Gasteiger partial charge in [-0.15, -0.1) is 0 Å². The summed E-state index contributed by atoms with van der Waals surface area (Å²) in [6.07, 6.45) is 1.24. The van der Waals surface area contributed by atoms with Gasteiger partial charge >= 0.3 is 0 Å². The van der Waals surface area contributed by atoms with E-state index in [2.05, 4.69) is 15.0 Å². The molecule has 0 saturated heterocycles. The molecule has 0 atom stereocenters. The van der Waals surface area contributed by atoms with Crippen molar-refractivity contribution < 1.29 is 12.8 Å². The zero-order valence-electron chi connectivity index (χ0n) is 11.1. The van der Waals surface area contributed by atoms with Crippen molar-refractivity contribution in [2.24, 2.45) is 0 Å². The molecule has 2 rings (SSSR count). The molecule has 2 N–H and O–H groups in total. The number of nitrogens with zero attached hydrogens (tertiary/aromatic N) is 1. The first-order chi connectivity index (χ1) is 9.92. The average molecular weight is 330 g/mol. The molecule has 1 heterocycles. The van der Waals surface area contributed by atoms with Crippen LogP contribution >= 0.6 is 11.6 Å². The lowest BCUT2D eigenvalue weighted by Crippen LogP contribution is -2.13. The molecule has 0 bridgehead atoms. The lowest BCUT2D eigenvalue weighted by molar-refractivity contribution is 0.600. The quantitative estimate of drug-likeness (QED) is 0.884. The SMILES string of the molecule is CCNc1ccc(S(=O)(=O)Nc2ccc(F)c(Cl)c2)cn1. The summed E-state index contributed by atoms with van der Waals surface area (Å²) in [7, 11) is -3.80. The summed E-state index contributed by atoms with van der Waals surface area (Å²) in [5.74, 6) is -0.0300. The van der Waals surface area contributed by atoms with Gasteiger partial charge in [0.05, 0.1) is 10.7 Å². The molecule has 0 amide bonds. The first-order valence-corrected chi connectivity index (χ1v) is 7.96. The van der Waals surface area contributed by atoms with E-state index in [-0.39, 0.29) is 15.6 Å². The standard InChI is InChI=1S/C13H13ClFN3O2S/c1-2-16-13-6-4-10(8-17-13)21(19,20)18-9-3-5-12(15)11(14)7-9/h3-8,18H,2H2,1H3,(H,16,17). The van der Waals surface area contributed by atoms with Crippen LogP contribution in [0, 0.1) is 5.82 Å². The Kier molecular flexibility index (Phi) is 4.64. The van der Waals surface area contributed by atoms with Crippen LogP contribution in [-0.4, -0.2) is 19.9 Å². The molecule has 2 aromatic rings. The minimum absolute atomic E-state index is 0.00426. The second-order valence-electron chi connectivity index (χ2n) is 4.14. The van der Waals surface area contributed by atoms with Crippen LogP contribution in [0.3, 0.4) is 0 Å². The van der Waals surface area contributed by atoms with Crippen molar-refractivity contribution >= 4 is 33.1 Å². The average Bonchev–Trinajstić information content (AvgIpc) is 2.44. The molecule has 0 spiro atoms. The van der Waals surface area contributed by atoms with Crippen molar-refractivity contribution in [1.29, 1.82) is 0 Å². The van der Waals surface area contributed by atoms with Crippen LogP contribution in [0.4, 0.5) is 15.9 Å². The maximum absolute atomic E-state index is 13.0. The Balaban J connectivity index is 2.23. The molecule has 0 aliphatic rings. The number of rotatable bonds is 5. The Bertz CT molecular complexity index is 736. The first kappa shape index (κ1) is 15.5. The fraction of sp³-hybridized carbons (Fsp3) is 0.154. The highest BCUT2D eigenvalue weighted by atomic mass is 35.5. The van der Waals surface area contributed by atoms with Gasteiger partial charge in [-0.25, -0.2) is 17.8 Å². The fourth-order valence-electron chi connectivity index (χ4n) is 1.60. The predicted molar refractivity (Wildman–Crippen MR) is 80.6 cm³/mol. The van der Waals surface area contributed by atoms with Gasteiger partial charge in [-0.05, 0) is 37.3 Å². The second kappa shape index (κ2) is 6.28. The van der Waals surface area contributed by atoms with Gasteiger partial charge < -0.3 is 5.32 Å². The number of nitrogens with one attached hydrogen (secondary N) is 2. The van der Waals surface area contributed by atoms with Crippen molar-refractivity contribution in [2.45, 2.75) is 11.8 Å². The number of aromatic nitrogens is 1. The molecule has 1 aromatic carbocycles. The minimum atomic E-state index is -3.80. The Morgan fingerprint density at radius 2 is 2.05 bits per heavy atom. The van der Waals surface area contributed by atoms with E-state index in [1.54, 1.807) is 6.07 Å². The topological polar surface area (TPSA) is 71.1 Å². The molecule has 21 heavy (non-hydrogen) atoms. The third-order valence-corrected chi connectivity index (χ3v) is 4.23. The van der Waals surface area contributed by atoms with Gasteiger partial charge in [-0.2, -0.15) is 0 Å². The molecule has 0 fully saturated rings. The highest BCUT2D eigenvalue weighted by Gasteiger charge is 2.15. The third kappa shape index (κ3) is 3.83. The summed E-state index contributed by atoms with van der Waals surface area (Å²) < 4.78 is 39.7. The molecule has 0 aliphatic heterocycles. The molecule has 5 nitrogen and oxygen atoms in total. The number of halogens is 2. The number of sulfonamides is 1. The fourth-order valence-corrected chi connectivity index (χ4v) is 2.77. The third-order valence-electron chi connectivity index (χ3n) is 2.58. The molecular formula is C13H13ClFN3O2S. The first-order valence-electron chi connectivity index (χ1n) is 6.10. The van der Waals surface area contributed by atoms with Crippen LogP contribution in [0.25, 0.3) is 0 Å². The van der Waals surface area contributed by atoms with E-state index in [0.717, 1.165) is 6.07 Å². The Morgan fingerprint density at radius 1 is 1.29 bits per heavy atom. The van der Waals surface area contributed by atoms with E-state index < -0.39 is 15.8 Å². The molecule has 0 aliphatic carbocycles. The summed E-state index contributed by atoms with van der Waals surface area (Å²) in [5, 5.41) is 2.81. The maximum atomic E-state index is 13.0. The lowest BCUT2D eigenvalue weighted by Gasteiger charge is -2.09. The van der Waals surface area contributed by atoms with E-state index in [1.165, 1.54) is 24.4 Å². The summed E-state index contributed by atoms with van der Waals surface area (Å²) in [6.45, 7) is 2.59. The molecule has 0 saturated carbocycles. The summed E-state index contributed by atoms with van der Waals surface area (Å²) in [5.41, 5.74) is 0.178. The van der Waals surface area contributed by atoms with Crippen molar-refractivity contribution in [3.05, 3.63) is 47.4 Å². The Hall–Kier alpha value is -1.86. The molecule has 0 radical (unpaired) electrons. The highest BCUT2D eigenvalue weighted by molar-refractivity contribution is 7.92. The van der Waals surface area contributed by atoms with Gasteiger partial charge in [0.1, 0.15) is 16.5 Å². The maximum Gasteiger partial charge on any atom is 0.263 e. The molecule has 1 aromatic heterocycles.